The molecule has 23 heavy (non-hydrogen) atoms. The molecule has 0 saturated carbocycles. The summed E-state index contributed by atoms with van der Waals surface area (Å²) in [5.74, 6) is -1.13. The number of carbonyl (C=O) groups is 2. The van der Waals surface area contributed by atoms with Crippen LogP contribution in [0.1, 0.15) is 50.2 Å². The van der Waals surface area contributed by atoms with Crippen molar-refractivity contribution < 1.29 is 14.7 Å². The van der Waals surface area contributed by atoms with Crippen molar-refractivity contribution in [2.75, 3.05) is 0 Å². The van der Waals surface area contributed by atoms with E-state index in [1.165, 1.54) is 0 Å². The van der Waals surface area contributed by atoms with Gasteiger partial charge in [-0.1, -0.05) is 0 Å². The van der Waals surface area contributed by atoms with Gasteiger partial charge in [-0.3, -0.25) is 4.79 Å². The molecule has 7 nitrogen and oxygen atoms in total. The number of nitrogens with zero attached hydrogens (tertiary/aromatic N) is 3. The van der Waals surface area contributed by atoms with Gasteiger partial charge in [0.2, 0.25) is 0 Å². The summed E-state index contributed by atoms with van der Waals surface area (Å²) in [6.45, 7) is 2.47. The summed E-state index contributed by atoms with van der Waals surface area (Å²) in [4.78, 5) is 24.8. The van der Waals surface area contributed by atoms with Crippen LogP contribution in [0.4, 0.5) is 0 Å². The van der Waals surface area contributed by atoms with Crippen molar-refractivity contribution in [3.8, 4) is 0 Å². The zero-order chi connectivity index (χ0) is 16.4. The van der Waals surface area contributed by atoms with Crippen LogP contribution in [0.3, 0.4) is 0 Å². The number of aromatic nitrogens is 3. The highest BCUT2D eigenvalue weighted by molar-refractivity contribution is 7.16. The second-order valence-corrected chi connectivity index (χ2v) is 6.78. The lowest BCUT2D eigenvalue weighted by Gasteiger charge is -2.16. The number of fused-ring (bicyclic) bond motifs is 1. The molecule has 0 fully saturated rings. The number of hydrogen-bond acceptors (Lipinski definition) is 5. The van der Waals surface area contributed by atoms with Crippen LogP contribution < -0.4 is 5.32 Å². The molecule has 1 unspecified atom stereocenters. The number of thiophene rings is 1. The van der Waals surface area contributed by atoms with Crippen LogP contribution in [-0.2, 0) is 19.4 Å². The predicted octanol–water partition coefficient (Wildman–Crippen LogP) is 1.74. The average molecular weight is 334 g/mol. The van der Waals surface area contributed by atoms with Gasteiger partial charge in [-0.05, 0) is 43.7 Å². The van der Waals surface area contributed by atoms with Crippen molar-refractivity contribution in [1.29, 1.82) is 0 Å². The van der Waals surface area contributed by atoms with Gasteiger partial charge in [-0.25, -0.2) is 4.79 Å². The van der Waals surface area contributed by atoms with Gasteiger partial charge in [-0.2, -0.15) is 0 Å². The molecule has 1 aliphatic rings. The highest BCUT2D eigenvalue weighted by atomic mass is 32.1. The largest absolute Gasteiger partial charge is 0.477 e. The molecule has 0 aromatic carbocycles. The molecule has 1 aliphatic carbocycles. The molecule has 0 radical (unpaired) electrons. The first-order chi connectivity index (χ1) is 11.1. The number of nitrogens with one attached hydrogen (secondary N) is 1. The van der Waals surface area contributed by atoms with Gasteiger partial charge in [0.25, 0.3) is 5.91 Å². The van der Waals surface area contributed by atoms with Crippen molar-refractivity contribution in [3.05, 3.63) is 33.5 Å². The fourth-order valence-electron chi connectivity index (χ4n) is 2.96. The highest BCUT2D eigenvalue weighted by Gasteiger charge is 2.27. The van der Waals surface area contributed by atoms with Crippen LogP contribution in [0.15, 0.2) is 12.7 Å². The van der Waals surface area contributed by atoms with Gasteiger partial charge in [0, 0.05) is 12.6 Å². The van der Waals surface area contributed by atoms with Crippen molar-refractivity contribution >= 4 is 23.2 Å². The van der Waals surface area contributed by atoms with Crippen LogP contribution >= 0.6 is 11.3 Å². The summed E-state index contributed by atoms with van der Waals surface area (Å²) in [5, 5.41) is 19.7. The van der Waals surface area contributed by atoms with Gasteiger partial charge in [0.15, 0.2) is 0 Å². The molecule has 1 atom stereocenters. The normalized spacial score (nSPS) is 15.0. The Morgan fingerprint density at radius 3 is 2.48 bits per heavy atom. The van der Waals surface area contributed by atoms with Crippen LogP contribution in [0.2, 0.25) is 0 Å². The number of hydrogen-bond donors (Lipinski definition) is 2. The Morgan fingerprint density at radius 2 is 1.87 bits per heavy atom. The van der Waals surface area contributed by atoms with Gasteiger partial charge in [0.1, 0.15) is 17.5 Å². The first kappa shape index (κ1) is 15.7. The topological polar surface area (TPSA) is 97.1 Å². The number of amides is 1. The van der Waals surface area contributed by atoms with Gasteiger partial charge >= 0.3 is 5.97 Å². The van der Waals surface area contributed by atoms with Crippen LogP contribution in [-0.4, -0.2) is 37.8 Å². The fourth-order valence-corrected chi connectivity index (χ4v) is 4.10. The lowest BCUT2D eigenvalue weighted by molar-refractivity contribution is 0.0700. The van der Waals surface area contributed by atoms with Gasteiger partial charge in [0.05, 0.1) is 4.88 Å². The molecular formula is C15H18N4O3S. The Labute approximate surface area is 137 Å². The van der Waals surface area contributed by atoms with E-state index in [-0.39, 0.29) is 11.9 Å². The SMILES string of the molecule is CC(Cn1cnnc1)NC(=O)c1sc(C(=O)O)c2c1CCCC2. The van der Waals surface area contributed by atoms with Gasteiger partial charge in [-0.15, -0.1) is 21.5 Å². The van der Waals surface area contributed by atoms with Crippen LogP contribution in [0, 0.1) is 0 Å². The van der Waals surface area contributed by atoms with E-state index in [2.05, 4.69) is 15.5 Å². The van der Waals surface area contributed by atoms with E-state index in [0.717, 1.165) is 48.1 Å². The summed E-state index contributed by atoms with van der Waals surface area (Å²) >= 11 is 1.10. The molecule has 8 heteroatoms. The van der Waals surface area contributed by atoms with E-state index in [9.17, 15) is 14.7 Å². The van der Waals surface area contributed by atoms with E-state index in [0.29, 0.717) is 16.3 Å². The molecular weight excluding hydrogens is 316 g/mol. The fraction of sp³-hybridized carbons (Fsp3) is 0.467. The van der Waals surface area contributed by atoms with Crippen molar-refractivity contribution in [3.63, 3.8) is 0 Å². The molecule has 2 heterocycles. The van der Waals surface area contributed by atoms with E-state index in [1.807, 2.05) is 6.92 Å². The van der Waals surface area contributed by atoms with Crippen molar-refractivity contribution in [2.45, 2.75) is 45.2 Å². The molecule has 1 amide bonds. The van der Waals surface area contributed by atoms with Crippen molar-refractivity contribution in [2.24, 2.45) is 0 Å². The molecule has 2 aromatic rings. The lowest BCUT2D eigenvalue weighted by atomic mass is 9.92. The molecule has 2 N–H and O–H groups in total. The highest BCUT2D eigenvalue weighted by Crippen LogP contribution is 2.34. The third-order valence-electron chi connectivity index (χ3n) is 3.95. The maximum atomic E-state index is 12.6. The second kappa shape index (κ2) is 6.49. The molecule has 0 spiro atoms. The van der Waals surface area contributed by atoms with Crippen LogP contribution in [0.5, 0.6) is 0 Å². The predicted molar refractivity (Wildman–Crippen MR) is 84.9 cm³/mol. The summed E-state index contributed by atoms with van der Waals surface area (Å²) < 4.78 is 1.79. The Hall–Kier alpha value is -2.22. The Morgan fingerprint density at radius 1 is 1.26 bits per heavy atom. The number of carbonyl (C=O) groups excluding carboxylic acids is 1. The number of rotatable bonds is 5. The molecule has 2 aromatic heterocycles. The molecule has 122 valence electrons. The van der Waals surface area contributed by atoms with E-state index in [1.54, 1.807) is 17.2 Å². The molecule has 0 aliphatic heterocycles. The molecule has 3 rings (SSSR count). The maximum absolute atomic E-state index is 12.6. The second-order valence-electron chi connectivity index (χ2n) is 5.76. The zero-order valence-electron chi connectivity index (χ0n) is 12.8. The standard InChI is InChI=1S/C15H18N4O3S/c1-9(6-19-7-16-17-8-19)18-14(20)12-10-4-2-3-5-11(10)13(23-12)15(21)22/h7-9H,2-6H2,1H3,(H,18,20)(H,21,22). The molecule has 0 bridgehead atoms. The van der Waals surface area contributed by atoms with E-state index < -0.39 is 5.97 Å². The average Bonchev–Trinajstić information content (AvgIpc) is 3.14. The minimum atomic E-state index is -0.940. The third-order valence-corrected chi connectivity index (χ3v) is 5.21. The quantitative estimate of drug-likeness (QED) is 0.868. The van der Waals surface area contributed by atoms with E-state index >= 15 is 0 Å². The smallest absolute Gasteiger partial charge is 0.346 e. The Balaban J connectivity index is 1.78. The summed E-state index contributed by atoms with van der Waals surface area (Å²) in [6.07, 6.45) is 6.70. The first-order valence-corrected chi connectivity index (χ1v) is 8.39. The first-order valence-electron chi connectivity index (χ1n) is 7.57. The maximum Gasteiger partial charge on any atom is 0.346 e. The third kappa shape index (κ3) is 3.26. The minimum Gasteiger partial charge on any atom is -0.477 e. The Bertz CT molecular complexity index is 723. The minimum absolute atomic E-state index is 0.104. The monoisotopic (exact) mass is 334 g/mol. The summed E-state index contributed by atoms with van der Waals surface area (Å²) in [5.41, 5.74) is 1.78. The van der Waals surface area contributed by atoms with E-state index in [4.69, 9.17) is 0 Å². The number of carboxylic acid groups (broad SMARTS) is 1. The van der Waals surface area contributed by atoms with Gasteiger partial charge < -0.3 is 15.0 Å². The van der Waals surface area contributed by atoms with Crippen molar-refractivity contribution in [1.82, 2.24) is 20.1 Å². The molecule has 0 saturated heterocycles. The Kier molecular flexibility index (Phi) is 4.42. The summed E-state index contributed by atoms with van der Waals surface area (Å²) in [6, 6.07) is -0.104. The summed E-state index contributed by atoms with van der Waals surface area (Å²) in [7, 11) is 0. The number of carboxylic acids is 1. The van der Waals surface area contributed by atoms with Crippen LogP contribution in [0.25, 0.3) is 0 Å². The lowest BCUT2D eigenvalue weighted by Crippen LogP contribution is -2.35. The number of aromatic carboxylic acids is 1. The zero-order valence-corrected chi connectivity index (χ0v) is 13.6.